The van der Waals surface area contributed by atoms with E-state index in [2.05, 4.69) is 20.4 Å². The van der Waals surface area contributed by atoms with Crippen LogP contribution in [-0.2, 0) is 22.7 Å². The molecule has 0 bridgehead atoms. The Labute approximate surface area is 180 Å². The van der Waals surface area contributed by atoms with Gasteiger partial charge in [-0.3, -0.25) is 9.98 Å². The normalized spacial score (nSPS) is 16.6. The fourth-order valence-electron chi connectivity index (χ4n) is 2.96. The van der Waals surface area contributed by atoms with Crippen molar-refractivity contribution >= 4 is 29.0 Å². The lowest BCUT2D eigenvalue weighted by atomic mass is 10.2. The molecule has 1 atom stereocenters. The molecule has 3 rings (SSSR count). The molecule has 7 nitrogen and oxygen atoms in total. The third-order valence-electron chi connectivity index (χ3n) is 4.40. The average molecular weight is 424 g/mol. The van der Waals surface area contributed by atoms with Crippen LogP contribution in [0.2, 0.25) is 0 Å². The first-order valence-electron chi connectivity index (χ1n) is 9.62. The summed E-state index contributed by atoms with van der Waals surface area (Å²) < 4.78 is 5.62. The van der Waals surface area contributed by atoms with Crippen LogP contribution in [0.3, 0.4) is 0 Å². The number of nitrogens with zero attached hydrogens (tertiary/aromatic N) is 4. The third-order valence-corrected chi connectivity index (χ3v) is 5.09. The van der Waals surface area contributed by atoms with Gasteiger partial charge in [0.05, 0.1) is 0 Å². The minimum absolute atomic E-state index is 0.190. The summed E-state index contributed by atoms with van der Waals surface area (Å²) in [7, 11) is 0. The maximum Gasteiger partial charge on any atom is 0.345 e. The van der Waals surface area contributed by atoms with Gasteiger partial charge in [-0.25, -0.2) is 9.80 Å². The van der Waals surface area contributed by atoms with Crippen LogP contribution in [-0.4, -0.2) is 39.6 Å². The van der Waals surface area contributed by atoms with Gasteiger partial charge in [0, 0.05) is 25.2 Å². The molecule has 1 unspecified atom stereocenters. The van der Waals surface area contributed by atoms with Crippen molar-refractivity contribution in [3.63, 3.8) is 0 Å². The molecule has 0 saturated carbocycles. The fraction of sp³-hybridized carbons (Fsp3) is 0.273. The highest BCUT2D eigenvalue weighted by Gasteiger charge is 2.33. The standard InChI is InChI=1S/C22H25N5O2S/c1-4-25-27-16(2)26-21(30-3)19(20(27)24-14-17-10-12-23-13-11-17)22(28)29-15-18-8-6-5-7-9-18/h4-13,16,24H,14-15H2,1-3H3/b25-4-. The Hall–Kier alpha value is -3.13. The van der Waals surface area contributed by atoms with Gasteiger partial charge in [-0.2, -0.15) is 5.10 Å². The SMILES string of the molecule is C/C=N\N1C(NCc2ccncc2)=C(C(=O)OCc2ccccc2)C(SC)=NC1C. The number of esters is 1. The van der Waals surface area contributed by atoms with Crippen molar-refractivity contribution in [1.29, 1.82) is 0 Å². The largest absolute Gasteiger partial charge is 0.457 e. The molecule has 156 valence electrons. The number of carbonyl (C=O) groups excluding carboxylic acids is 1. The van der Waals surface area contributed by atoms with Crippen molar-refractivity contribution in [3.8, 4) is 0 Å². The number of hydrogen-bond donors (Lipinski definition) is 1. The van der Waals surface area contributed by atoms with E-state index in [0.29, 0.717) is 23.0 Å². The molecule has 0 radical (unpaired) electrons. The predicted octanol–water partition coefficient (Wildman–Crippen LogP) is 3.56. The molecule has 0 spiro atoms. The third kappa shape index (κ3) is 5.27. The zero-order chi connectivity index (χ0) is 21.3. The van der Waals surface area contributed by atoms with Gasteiger partial charge >= 0.3 is 5.97 Å². The molecule has 8 heteroatoms. The second-order valence-corrected chi connectivity index (χ2v) is 7.28. The first kappa shape index (κ1) is 21.6. The number of benzene rings is 1. The Balaban J connectivity index is 1.91. The lowest BCUT2D eigenvalue weighted by Gasteiger charge is -2.32. The number of thioether (sulfide) groups is 1. The van der Waals surface area contributed by atoms with Gasteiger partial charge in [-0.05, 0) is 43.4 Å². The van der Waals surface area contributed by atoms with Gasteiger partial charge in [0.1, 0.15) is 29.2 Å². The van der Waals surface area contributed by atoms with Gasteiger partial charge in [0.25, 0.3) is 0 Å². The van der Waals surface area contributed by atoms with E-state index in [1.807, 2.05) is 62.6 Å². The number of hydrogen-bond acceptors (Lipinski definition) is 8. The van der Waals surface area contributed by atoms with Crippen molar-refractivity contribution < 1.29 is 9.53 Å². The van der Waals surface area contributed by atoms with Gasteiger partial charge in [0.15, 0.2) is 0 Å². The Morgan fingerprint density at radius 3 is 2.63 bits per heavy atom. The van der Waals surface area contributed by atoms with Gasteiger partial charge in [-0.1, -0.05) is 30.3 Å². The van der Waals surface area contributed by atoms with Crippen molar-refractivity contribution in [2.24, 2.45) is 10.1 Å². The smallest absolute Gasteiger partial charge is 0.345 e. The Kier molecular flexibility index (Phi) is 7.62. The Morgan fingerprint density at radius 2 is 1.97 bits per heavy atom. The molecule has 30 heavy (non-hydrogen) atoms. The molecule has 0 amide bonds. The number of aliphatic imine (C=N–C) groups is 1. The van der Waals surface area contributed by atoms with Gasteiger partial charge in [0.2, 0.25) is 0 Å². The molecule has 2 heterocycles. The van der Waals surface area contributed by atoms with Gasteiger partial charge in [-0.15, -0.1) is 11.8 Å². The molecule has 1 aliphatic rings. The number of hydrazone groups is 1. The number of rotatable bonds is 7. The fourth-order valence-corrected chi connectivity index (χ4v) is 3.60. The molecule has 2 aromatic rings. The highest BCUT2D eigenvalue weighted by Crippen LogP contribution is 2.27. The van der Waals surface area contributed by atoms with E-state index in [9.17, 15) is 4.79 Å². The van der Waals surface area contributed by atoms with E-state index < -0.39 is 5.97 Å². The van der Waals surface area contributed by atoms with Crippen LogP contribution in [0.5, 0.6) is 0 Å². The Morgan fingerprint density at radius 1 is 1.23 bits per heavy atom. The molecular weight excluding hydrogens is 398 g/mol. The second-order valence-electron chi connectivity index (χ2n) is 6.48. The molecule has 1 N–H and O–H groups in total. The summed E-state index contributed by atoms with van der Waals surface area (Å²) in [6, 6.07) is 13.4. The lowest BCUT2D eigenvalue weighted by Crippen LogP contribution is -2.41. The predicted molar refractivity (Wildman–Crippen MR) is 121 cm³/mol. The van der Waals surface area contributed by atoms with Crippen LogP contribution in [0.1, 0.15) is 25.0 Å². The molecular formula is C22H25N5O2S. The van der Waals surface area contributed by atoms with Crippen LogP contribution in [0.4, 0.5) is 0 Å². The lowest BCUT2D eigenvalue weighted by molar-refractivity contribution is -0.139. The number of ether oxygens (including phenoxy) is 1. The first-order chi connectivity index (χ1) is 14.6. The number of aromatic nitrogens is 1. The zero-order valence-electron chi connectivity index (χ0n) is 17.3. The average Bonchev–Trinajstić information content (AvgIpc) is 2.78. The van der Waals surface area contributed by atoms with E-state index in [1.54, 1.807) is 23.6 Å². The van der Waals surface area contributed by atoms with Crippen LogP contribution < -0.4 is 5.32 Å². The first-order valence-corrected chi connectivity index (χ1v) is 10.8. The summed E-state index contributed by atoms with van der Waals surface area (Å²) in [6.45, 7) is 4.46. The summed E-state index contributed by atoms with van der Waals surface area (Å²) >= 11 is 1.42. The number of carbonyl (C=O) groups is 1. The van der Waals surface area contributed by atoms with Crippen molar-refractivity contribution in [2.75, 3.05) is 6.26 Å². The van der Waals surface area contributed by atoms with E-state index in [-0.39, 0.29) is 12.8 Å². The summed E-state index contributed by atoms with van der Waals surface area (Å²) in [4.78, 5) is 21.8. The highest BCUT2D eigenvalue weighted by molar-refractivity contribution is 8.14. The van der Waals surface area contributed by atoms with Gasteiger partial charge < -0.3 is 10.1 Å². The zero-order valence-corrected chi connectivity index (χ0v) is 18.1. The van der Waals surface area contributed by atoms with E-state index in [1.165, 1.54) is 11.8 Å². The van der Waals surface area contributed by atoms with Crippen LogP contribution >= 0.6 is 11.8 Å². The molecule has 1 aromatic carbocycles. The summed E-state index contributed by atoms with van der Waals surface area (Å²) in [5.41, 5.74) is 2.35. The quantitative estimate of drug-likeness (QED) is 0.542. The summed E-state index contributed by atoms with van der Waals surface area (Å²) in [5, 5.41) is 10.1. The molecule has 1 aliphatic heterocycles. The monoisotopic (exact) mass is 423 g/mol. The minimum atomic E-state index is -0.438. The maximum absolute atomic E-state index is 13.1. The molecule has 1 aromatic heterocycles. The highest BCUT2D eigenvalue weighted by atomic mass is 32.2. The van der Waals surface area contributed by atoms with Crippen molar-refractivity contribution in [2.45, 2.75) is 33.2 Å². The van der Waals surface area contributed by atoms with Crippen LogP contribution in [0.25, 0.3) is 0 Å². The number of pyridine rings is 1. The second kappa shape index (κ2) is 10.6. The van der Waals surface area contributed by atoms with Crippen molar-refractivity contribution in [1.82, 2.24) is 15.3 Å². The van der Waals surface area contributed by atoms with Crippen LogP contribution in [0, 0.1) is 0 Å². The van der Waals surface area contributed by atoms with E-state index in [4.69, 9.17) is 4.74 Å². The maximum atomic E-state index is 13.1. The molecule has 0 fully saturated rings. The topological polar surface area (TPSA) is 79.2 Å². The van der Waals surface area contributed by atoms with Crippen molar-refractivity contribution in [3.05, 3.63) is 77.4 Å². The van der Waals surface area contributed by atoms with E-state index in [0.717, 1.165) is 11.1 Å². The van der Waals surface area contributed by atoms with E-state index >= 15 is 0 Å². The minimum Gasteiger partial charge on any atom is -0.457 e. The molecule has 0 saturated heterocycles. The van der Waals surface area contributed by atoms with Crippen LogP contribution in [0.15, 0.2) is 76.3 Å². The number of nitrogens with one attached hydrogen (secondary N) is 1. The Bertz CT molecular complexity index is 945. The molecule has 0 aliphatic carbocycles. The summed E-state index contributed by atoms with van der Waals surface area (Å²) in [5.74, 6) is 0.141. The summed E-state index contributed by atoms with van der Waals surface area (Å²) in [6.07, 6.45) is 6.79.